The van der Waals surface area contributed by atoms with E-state index in [0.717, 1.165) is 5.56 Å². The second-order valence-electron chi connectivity index (χ2n) is 4.32. The highest BCUT2D eigenvalue weighted by Gasteiger charge is 2.25. The monoisotopic (exact) mass is 280 g/mol. The van der Waals surface area contributed by atoms with E-state index in [9.17, 15) is 9.59 Å². The molecule has 0 fully saturated rings. The molecule has 0 bridgehead atoms. The van der Waals surface area contributed by atoms with E-state index < -0.39 is 11.9 Å². The van der Waals surface area contributed by atoms with Gasteiger partial charge >= 0.3 is 5.97 Å². The minimum atomic E-state index is -0.715. The van der Waals surface area contributed by atoms with Gasteiger partial charge in [0.25, 0.3) is 0 Å². The van der Waals surface area contributed by atoms with Crippen LogP contribution in [0.5, 0.6) is 11.5 Å². The van der Waals surface area contributed by atoms with Gasteiger partial charge in [-0.05, 0) is 24.1 Å². The van der Waals surface area contributed by atoms with Crippen molar-refractivity contribution in [3.05, 3.63) is 23.8 Å². The van der Waals surface area contributed by atoms with Crippen LogP contribution in [0.4, 0.5) is 0 Å². The normalized spacial score (nSPS) is 11.6. The number of ketones is 1. The van der Waals surface area contributed by atoms with Gasteiger partial charge in [-0.15, -0.1) is 0 Å². The number of methoxy groups -OCH3 is 3. The summed E-state index contributed by atoms with van der Waals surface area (Å²) in [6.45, 7) is 1.79. The lowest BCUT2D eigenvalue weighted by Crippen LogP contribution is -2.26. The number of hydrogen-bond acceptors (Lipinski definition) is 5. The molecule has 1 unspecified atom stereocenters. The minimum absolute atomic E-state index is 0.161. The molecule has 0 aliphatic heterocycles. The van der Waals surface area contributed by atoms with E-state index in [0.29, 0.717) is 17.9 Å². The van der Waals surface area contributed by atoms with Crippen molar-refractivity contribution in [2.45, 2.75) is 19.8 Å². The number of rotatable bonds is 7. The molecule has 0 spiro atoms. The maximum absolute atomic E-state index is 12.1. The van der Waals surface area contributed by atoms with Crippen LogP contribution in [-0.4, -0.2) is 33.1 Å². The van der Waals surface area contributed by atoms with Gasteiger partial charge in [0.15, 0.2) is 17.3 Å². The summed E-state index contributed by atoms with van der Waals surface area (Å²) in [5, 5.41) is 0. The Morgan fingerprint density at radius 1 is 1.10 bits per heavy atom. The highest BCUT2D eigenvalue weighted by Crippen LogP contribution is 2.28. The highest BCUT2D eigenvalue weighted by molar-refractivity contribution is 5.99. The Labute approximate surface area is 118 Å². The molecular weight excluding hydrogens is 260 g/mol. The van der Waals surface area contributed by atoms with Crippen molar-refractivity contribution in [3.8, 4) is 11.5 Å². The molecule has 1 aromatic carbocycles. The summed E-state index contributed by atoms with van der Waals surface area (Å²) in [4.78, 5) is 23.6. The van der Waals surface area contributed by atoms with Crippen molar-refractivity contribution in [1.82, 2.24) is 0 Å². The van der Waals surface area contributed by atoms with Crippen molar-refractivity contribution in [2.75, 3.05) is 21.3 Å². The SMILES string of the molecule is CCC(C(=O)Cc1ccc(OC)c(OC)c1)C(=O)OC. The van der Waals surface area contributed by atoms with Gasteiger partial charge in [0.2, 0.25) is 0 Å². The quantitative estimate of drug-likeness (QED) is 0.565. The molecule has 0 saturated heterocycles. The van der Waals surface area contributed by atoms with Crippen LogP contribution in [0.1, 0.15) is 18.9 Å². The molecule has 0 N–H and O–H groups in total. The van der Waals surface area contributed by atoms with Gasteiger partial charge in [-0.1, -0.05) is 13.0 Å². The summed E-state index contributed by atoms with van der Waals surface area (Å²) in [5.74, 6) is -0.203. The highest BCUT2D eigenvalue weighted by atomic mass is 16.5. The topological polar surface area (TPSA) is 61.8 Å². The van der Waals surface area contributed by atoms with E-state index in [2.05, 4.69) is 4.74 Å². The molecule has 1 atom stereocenters. The van der Waals surface area contributed by atoms with E-state index in [4.69, 9.17) is 9.47 Å². The number of benzene rings is 1. The lowest BCUT2D eigenvalue weighted by atomic mass is 9.95. The lowest BCUT2D eigenvalue weighted by molar-refractivity contribution is -0.149. The Bertz CT molecular complexity index is 481. The van der Waals surface area contributed by atoms with Gasteiger partial charge in [0.1, 0.15) is 5.92 Å². The van der Waals surface area contributed by atoms with Gasteiger partial charge in [-0.25, -0.2) is 0 Å². The molecule has 0 saturated carbocycles. The van der Waals surface area contributed by atoms with Gasteiger partial charge < -0.3 is 14.2 Å². The fraction of sp³-hybridized carbons (Fsp3) is 0.467. The van der Waals surface area contributed by atoms with Crippen molar-refractivity contribution < 1.29 is 23.8 Å². The summed E-state index contributed by atoms with van der Waals surface area (Å²) in [5.41, 5.74) is 0.773. The smallest absolute Gasteiger partial charge is 0.316 e. The van der Waals surface area contributed by atoms with Crippen LogP contribution in [0.2, 0.25) is 0 Å². The maximum atomic E-state index is 12.1. The molecule has 0 amide bonds. The first-order valence-electron chi connectivity index (χ1n) is 6.38. The number of carbonyl (C=O) groups excluding carboxylic acids is 2. The number of Topliss-reactive ketones (excluding diaryl/α,β-unsaturated/α-hetero) is 1. The summed E-state index contributed by atoms with van der Waals surface area (Å²) in [6.07, 6.45) is 0.590. The Morgan fingerprint density at radius 2 is 1.75 bits per heavy atom. The molecule has 1 aromatic rings. The first kappa shape index (κ1) is 16.0. The van der Waals surface area contributed by atoms with E-state index >= 15 is 0 Å². The average Bonchev–Trinajstić information content (AvgIpc) is 2.47. The Balaban J connectivity index is 2.87. The molecule has 0 aromatic heterocycles. The molecule has 0 heterocycles. The molecule has 0 aliphatic carbocycles. The fourth-order valence-corrected chi connectivity index (χ4v) is 1.98. The third kappa shape index (κ3) is 3.73. The zero-order valence-electron chi connectivity index (χ0n) is 12.3. The average molecular weight is 280 g/mol. The molecule has 0 radical (unpaired) electrons. The van der Waals surface area contributed by atoms with Crippen LogP contribution < -0.4 is 9.47 Å². The summed E-state index contributed by atoms with van der Waals surface area (Å²) < 4.78 is 15.0. The molecular formula is C15H20O5. The van der Waals surface area contributed by atoms with Gasteiger partial charge in [0.05, 0.1) is 21.3 Å². The summed E-state index contributed by atoms with van der Waals surface area (Å²) >= 11 is 0. The lowest BCUT2D eigenvalue weighted by Gasteiger charge is -2.12. The van der Waals surface area contributed by atoms with Gasteiger partial charge in [-0.2, -0.15) is 0 Å². The van der Waals surface area contributed by atoms with Crippen LogP contribution in [0, 0.1) is 5.92 Å². The molecule has 110 valence electrons. The number of hydrogen-bond donors (Lipinski definition) is 0. The van der Waals surface area contributed by atoms with Crippen LogP contribution in [0.15, 0.2) is 18.2 Å². The predicted molar refractivity (Wildman–Crippen MR) is 74.1 cm³/mol. The number of esters is 1. The largest absolute Gasteiger partial charge is 0.493 e. The molecule has 0 aliphatic rings. The van der Waals surface area contributed by atoms with E-state index in [1.807, 2.05) is 0 Å². The Morgan fingerprint density at radius 3 is 2.25 bits per heavy atom. The Kier molecular flexibility index (Phi) is 6.03. The van der Waals surface area contributed by atoms with Crippen LogP contribution >= 0.6 is 0 Å². The fourth-order valence-electron chi connectivity index (χ4n) is 1.98. The van der Waals surface area contributed by atoms with E-state index in [1.54, 1.807) is 32.2 Å². The molecule has 20 heavy (non-hydrogen) atoms. The van der Waals surface area contributed by atoms with Gasteiger partial charge in [0, 0.05) is 6.42 Å². The van der Waals surface area contributed by atoms with E-state index in [-0.39, 0.29) is 12.2 Å². The zero-order valence-corrected chi connectivity index (χ0v) is 12.3. The number of ether oxygens (including phenoxy) is 3. The number of carbonyl (C=O) groups is 2. The standard InChI is InChI=1S/C15H20O5/c1-5-11(15(17)20-4)12(16)8-10-6-7-13(18-2)14(9-10)19-3/h6-7,9,11H,5,8H2,1-4H3. The third-order valence-corrected chi connectivity index (χ3v) is 3.11. The van der Waals surface area contributed by atoms with Crippen molar-refractivity contribution in [3.63, 3.8) is 0 Å². The predicted octanol–water partition coefficient (Wildman–Crippen LogP) is 2.01. The Hall–Kier alpha value is -2.04. The second-order valence-corrected chi connectivity index (χ2v) is 4.32. The van der Waals surface area contributed by atoms with E-state index in [1.165, 1.54) is 14.2 Å². The second kappa shape index (κ2) is 7.53. The maximum Gasteiger partial charge on any atom is 0.316 e. The summed E-state index contributed by atoms with van der Waals surface area (Å²) in [6, 6.07) is 5.25. The molecule has 5 heteroatoms. The van der Waals surface area contributed by atoms with Crippen LogP contribution in [0.3, 0.4) is 0 Å². The van der Waals surface area contributed by atoms with Crippen LogP contribution in [-0.2, 0) is 20.7 Å². The first-order chi connectivity index (χ1) is 9.57. The van der Waals surface area contributed by atoms with Crippen molar-refractivity contribution in [2.24, 2.45) is 5.92 Å². The first-order valence-corrected chi connectivity index (χ1v) is 6.38. The van der Waals surface area contributed by atoms with Crippen molar-refractivity contribution in [1.29, 1.82) is 0 Å². The van der Waals surface area contributed by atoms with Gasteiger partial charge in [-0.3, -0.25) is 9.59 Å². The molecule has 1 rings (SSSR count). The van der Waals surface area contributed by atoms with Crippen LogP contribution in [0.25, 0.3) is 0 Å². The minimum Gasteiger partial charge on any atom is -0.493 e. The van der Waals surface area contributed by atoms with Crippen molar-refractivity contribution >= 4 is 11.8 Å². The summed E-state index contributed by atoms with van der Waals surface area (Å²) in [7, 11) is 4.37. The molecule has 5 nitrogen and oxygen atoms in total. The zero-order chi connectivity index (χ0) is 15.1. The third-order valence-electron chi connectivity index (χ3n) is 3.11.